The van der Waals surface area contributed by atoms with Crippen LogP contribution in [0.1, 0.15) is 42.9 Å². The molecule has 0 aliphatic carbocycles. The number of likely N-dealkylation sites (N-methyl/N-ethyl adjacent to an activating group) is 1. The highest BCUT2D eigenvalue weighted by Gasteiger charge is 2.43. The number of aryl methyl sites for hydroxylation is 1. The monoisotopic (exact) mass is 493 g/mol. The lowest BCUT2D eigenvalue weighted by Crippen LogP contribution is -2.44. The number of likely N-dealkylation sites (tertiary alicyclic amines) is 1. The molecular weight excluding hydrogens is 459 g/mol. The fourth-order valence-corrected chi connectivity index (χ4v) is 4.62. The van der Waals surface area contributed by atoms with Crippen molar-refractivity contribution in [2.45, 2.75) is 63.5 Å². The van der Waals surface area contributed by atoms with E-state index in [2.05, 4.69) is 59.1 Å². The standard InChI is InChI=1S/C24H33N3O.C2HF3O2/c1-3-20-6-8-21(9-7-20)18-27-13-10-24(11-14-27)15-23(19-28-24)26(2)17-22-5-4-12-25-16-22;3-2(4,5)1(6)7/h4-9,12,16,23H,3,10-11,13-15,17-19H2,1-2H3;(H,6,7). The van der Waals surface area contributed by atoms with Crippen LogP contribution in [-0.2, 0) is 29.0 Å². The molecule has 2 fully saturated rings. The molecule has 0 radical (unpaired) electrons. The third-order valence-electron chi connectivity index (χ3n) is 6.81. The van der Waals surface area contributed by atoms with Crippen molar-refractivity contribution in [2.24, 2.45) is 0 Å². The Kier molecular flexibility index (Phi) is 9.27. The van der Waals surface area contributed by atoms with Gasteiger partial charge in [-0.25, -0.2) is 4.79 Å². The highest BCUT2D eigenvalue weighted by molar-refractivity contribution is 5.73. The summed E-state index contributed by atoms with van der Waals surface area (Å²) in [5, 5.41) is 7.12. The maximum absolute atomic E-state index is 10.6. The van der Waals surface area contributed by atoms with Gasteiger partial charge in [0.25, 0.3) is 0 Å². The molecule has 35 heavy (non-hydrogen) atoms. The lowest BCUT2D eigenvalue weighted by atomic mass is 9.87. The molecule has 1 N–H and O–H groups in total. The fraction of sp³-hybridized carbons (Fsp3) is 0.538. The zero-order valence-electron chi connectivity index (χ0n) is 20.3. The van der Waals surface area contributed by atoms with E-state index in [1.165, 1.54) is 16.7 Å². The number of carboxylic acids is 1. The molecule has 6 nitrogen and oxygen atoms in total. The molecule has 0 saturated carbocycles. The van der Waals surface area contributed by atoms with E-state index in [1.54, 1.807) is 0 Å². The first-order chi connectivity index (χ1) is 16.6. The summed E-state index contributed by atoms with van der Waals surface area (Å²) >= 11 is 0. The van der Waals surface area contributed by atoms with Crippen LogP contribution in [-0.4, -0.2) is 70.4 Å². The third kappa shape index (κ3) is 8.02. The Morgan fingerprint density at radius 1 is 1.17 bits per heavy atom. The van der Waals surface area contributed by atoms with Gasteiger partial charge in [0.1, 0.15) is 0 Å². The number of halogens is 3. The number of piperidine rings is 1. The number of nitrogens with zero attached hydrogens (tertiary/aromatic N) is 3. The summed E-state index contributed by atoms with van der Waals surface area (Å²) < 4.78 is 38.1. The van der Waals surface area contributed by atoms with E-state index in [-0.39, 0.29) is 5.60 Å². The SMILES string of the molecule is CCc1ccc(CN2CCC3(CC2)CC(N(C)Cc2cccnc2)CO3)cc1.O=C(O)C(F)(F)F. The third-order valence-corrected chi connectivity index (χ3v) is 6.81. The van der Waals surface area contributed by atoms with Gasteiger partial charge >= 0.3 is 12.1 Å². The number of hydrogen-bond donors (Lipinski definition) is 1. The number of rotatable bonds is 6. The molecule has 1 aromatic heterocycles. The van der Waals surface area contributed by atoms with Crippen LogP contribution in [0.15, 0.2) is 48.8 Å². The second-order valence-electron chi connectivity index (χ2n) is 9.38. The zero-order valence-corrected chi connectivity index (χ0v) is 20.3. The van der Waals surface area contributed by atoms with Crippen LogP contribution in [0.5, 0.6) is 0 Å². The van der Waals surface area contributed by atoms with Crippen molar-refractivity contribution in [2.75, 3.05) is 26.7 Å². The predicted octanol–water partition coefficient (Wildman–Crippen LogP) is 4.53. The van der Waals surface area contributed by atoms with Gasteiger partial charge < -0.3 is 9.84 Å². The molecule has 2 aromatic rings. The first-order valence-electron chi connectivity index (χ1n) is 11.9. The smallest absolute Gasteiger partial charge is 0.475 e. The first-order valence-corrected chi connectivity index (χ1v) is 11.9. The minimum Gasteiger partial charge on any atom is -0.475 e. The Labute approximate surface area is 204 Å². The van der Waals surface area contributed by atoms with Gasteiger partial charge in [0, 0.05) is 44.6 Å². The van der Waals surface area contributed by atoms with Gasteiger partial charge in [0.05, 0.1) is 12.2 Å². The number of ether oxygens (including phenoxy) is 1. The quantitative estimate of drug-likeness (QED) is 0.638. The number of alkyl halides is 3. The lowest BCUT2D eigenvalue weighted by molar-refractivity contribution is -0.192. The fourth-order valence-electron chi connectivity index (χ4n) is 4.62. The first kappa shape index (κ1) is 27.1. The largest absolute Gasteiger partial charge is 0.490 e. The highest BCUT2D eigenvalue weighted by Crippen LogP contribution is 2.38. The van der Waals surface area contributed by atoms with E-state index in [1.807, 2.05) is 18.5 Å². The maximum atomic E-state index is 10.6. The number of carbonyl (C=O) groups is 1. The van der Waals surface area contributed by atoms with Gasteiger partial charge in [0.2, 0.25) is 0 Å². The number of pyridine rings is 1. The van der Waals surface area contributed by atoms with E-state index in [4.69, 9.17) is 14.6 Å². The Balaban J connectivity index is 0.000000429. The van der Waals surface area contributed by atoms with Crippen molar-refractivity contribution in [1.29, 1.82) is 0 Å². The van der Waals surface area contributed by atoms with Crippen LogP contribution in [0.3, 0.4) is 0 Å². The summed E-state index contributed by atoms with van der Waals surface area (Å²) in [6, 6.07) is 13.8. The normalized spacial score (nSPS) is 20.0. The molecule has 4 rings (SSSR count). The van der Waals surface area contributed by atoms with Crippen molar-refractivity contribution in [1.82, 2.24) is 14.8 Å². The second-order valence-corrected chi connectivity index (χ2v) is 9.38. The summed E-state index contributed by atoms with van der Waals surface area (Å²) in [6.45, 7) is 7.34. The van der Waals surface area contributed by atoms with Gasteiger partial charge in [-0.3, -0.25) is 14.8 Å². The van der Waals surface area contributed by atoms with E-state index < -0.39 is 12.1 Å². The second kappa shape index (κ2) is 12.0. The Bertz CT molecular complexity index is 930. The number of aromatic nitrogens is 1. The van der Waals surface area contributed by atoms with Gasteiger partial charge in [-0.15, -0.1) is 0 Å². The van der Waals surface area contributed by atoms with Crippen LogP contribution in [0, 0.1) is 0 Å². The van der Waals surface area contributed by atoms with Gasteiger partial charge in [-0.1, -0.05) is 37.3 Å². The molecule has 1 spiro atoms. The van der Waals surface area contributed by atoms with Crippen molar-refractivity contribution in [3.8, 4) is 0 Å². The maximum Gasteiger partial charge on any atom is 0.490 e. The van der Waals surface area contributed by atoms with E-state index in [0.29, 0.717) is 6.04 Å². The molecule has 1 unspecified atom stereocenters. The average molecular weight is 494 g/mol. The van der Waals surface area contributed by atoms with Crippen molar-refractivity contribution < 1.29 is 27.8 Å². The predicted molar refractivity (Wildman–Crippen MR) is 127 cm³/mol. The minimum absolute atomic E-state index is 0.0937. The number of hydrogen-bond acceptors (Lipinski definition) is 5. The van der Waals surface area contributed by atoms with E-state index >= 15 is 0 Å². The van der Waals surface area contributed by atoms with Gasteiger partial charge in [-0.2, -0.15) is 13.2 Å². The molecule has 192 valence electrons. The minimum atomic E-state index is -5.08. The Hall–Kier alpha value is -2.49. The van der Waals surface area contributed by atoms with Crippen molar-refractivity contribution in [3.63, 3.8) is 0 Å². The molecule has 1 aromatic carbocycles. The number of carboxylic acid groups (broad SMARTS) is 1. The molecular formula is C26H34F3N3O3. The van der Waals surface area contributed by atoms with E-state index in [9.17, 15) is 13.2 Å². The van der Waals surface area contributed by atoms with Crippen LogP contribution in [0.25, 0.3) is 0 Å². The summed E-state index contributed by atoms with van der Waals surface area (Å²) in [6.07, 6.45) is 3.29. The molecule has 2 aliphatic rings. The molecule has 3 heterocycles. The number of aliphatic carboxylic acids is 1. The molecule has 0 bridgehead atoms. The molecule has 9 heteroatoms. The molecule has 1 atom stereocenters. The van der Waals surface area contributed by atoms with Crippen LogP contribution >= 0.6 is 0 Å². The van der Waals surface area contributed by atoms with Crippen LogP contribution in [0.2, 0.25) is 0 Å². The topological polar surface area (TPSA) is 65.9 Å². The average Bonchev–Trinajstić information content (AvgIpc) is 3.25. The van der Waals surface area contributed by atoms with Gasteiger partial charge in [0.15, 0.2) is 0 Å². The Morgan fingerprint density at radius 2 is 1.80 bits per heavy atom. The summed E-state index contributed by atoms with van der Waals surface area (Å²) in [5.41, 5.74) is 4.21. The van der Waals surface area contributed by atoms with E-state index in [0.717, 1.165) is 58.5 Å². The Morgan fingerprint density at radius 3 is 2.34 bits per heavy atom. The van der Waals surface area contributed by atoms with Crippen molar-refractivity contribution in [3.05, 3.63) is 65.5 Å². The molecule has 2 aliphatic heterocycles. The number of benzene rings is 1. The summed E-state index contributed by atoms with van der Waals surface area (Å²) in [4.78, 5) is 18.2. The highest BCUT2D eigenvalue weighted by atomic mass is 19.4. The van der Waals surface area contributed by atoms with Crippen LogP contribution < -0.4 is 0 Å². The summed E-state index contributed by atoms with van der Waals surface area (Å²) in [5.74, 6) is -2.76. The van der Waals surface area contributed by atoms with Crippen LogP contribution in [0.4, 0.5) is 13.2 Å². The lowest BCUT2D eigenvalue weighted by Gasteiger charge is -2.39. The summed E-state index contributed by atoms with van der Waals surface area (Å²) in [7, 11) is 2.22. The molecule has 0 amide bonds. The zero-order chi connectivity index (χ0) is 25.5. The molecule has 2 saturated heterocycles. The van der Waals surface area contributed by atoms with Gasteiger partial charge in [-0.05, 0) is 55.5 Å². The van der Waals surface area contributed by atoms with Crippen molar-refractivity contribution >= 4 is 5.97 Å².